The lowest BCUT2D eigenvalue weighted by Crippen LogP contribution is -2.05. The number of hydrogen-bond donors (Lipinski definition) is 1. The molecular formula is C10H11NO3. The van der Waals surface area contributed by atoms with E-state index in [0.29, 0.717) is 5.56 Å². The summed E-state index contributed by atoms with van der Waals surface area (Å²) in [6, 6.07) is 1.61. The van der Waals surface area contributed by atoms with E-state index in [9.17, 15) is 9.59 Å². The Kier molecular flexibility index (Phi) is 3.34. The van der Waals surface area contributed by atoms with Gasteiger partial charge in [0.15, 0.2) is 5.78 Å². The Bertz CT molecular complexity index is 360. The van der Waals surface area contributed by atoms with Gasteiger partial charge in [-0.2, -0.15) is 0 Å². The summed E-state index contributed by atoms with van der Waals surface area (Å²) in [5.41, 5.74) is 1.34. The molecule has 74 valence electrons. The summed E-state index contributed by atoms with van der Waals surface area (Å²) in [7, 11) is 0. The molecule has 0 amide bonds. The number of carboxylic acids is 1. The van der Waals surface area contributed by atoms with E-state index in [-0.39, 0.29) is 18.6 Å². The van der Waals surface area contributed by atoms with Gasteiger partial charge in [0.1, 0.15) is 0 Å². The van der Waals surface area contributed by atoms with Crippen molar-refractivity contribution in [3.63, 3.8) is 0 Å². The highest BCUT2D eigenvalue weighted by Crippen LogP contribution is 2.09. The molecule has 1 rings (SSSR count). The van der Waals surface area contributed by atoms with Gasteiger partial charge < -0.3 is 5.11 Å². The quantitative estimate of drug-likeness (QED) is 0.734. The second-order valence-electron chi connectivity index (χ2n) is 3.01. The summed E-state index contributed by atoms with van der Waals surface area (Å²) in [4.78, 5) is 25.6. The van der Waals surface area contributed by atoms with Gasteiger partial charge in [-0.1, -0.05) is 0 Å². The molecule has 1 aromatic rings. The number of rotatable bonds is 4. The highest BCUT2D eigenvalue weighted by atomic mass is 16.4. The van der Waals surface area contributed by atoms with E-state index in [2.05, 4.69) is 4.98 Å². The zero-order chi connectivity index (χ0) is 10.6. The number of ketones is 1. The first kappa shape index (κ1) is 10.4. The third-order valence-corrected chi connectivity index (χ3v) is 1.89. The molecule has 0 bridgehead atoms. The Morgan fingerprint density at radius 2 is 2.14 bits per heavy atom. The monoisotopic (exact) mass is 193 g/mol. The summed E-state index contributed by atoms with van der Waals surface area (Å²) in [6.45, 7) is 1.78. The van der Waals surface area contributed by atoms with Crippen LogP contribution in [-0.4, -0.2) is 21.8 Å². The molecule has 0 fully saturated rings. The Morgan fingerprint density at radius 3 is 2.71 bits per heavy atom. The highest BCUT2D eigenvalue weighted by molar-refractivity contribution is 5.98. The van der Waals surface area contributed by atoms with Gasteiger partial charge in [-0.05, 0) is 18.6 Å². The van der Waals surface area contributed by atoms with E-state index in [4.69, 9.17) is 5.11 Å². The molecule has 1 aromatic heterocycles. The number of pyridine rings is 1. The first-order valence-electron chi connectivity index (χ1n) is 4.27. The number of nitrogens with zero attached hydrogens (tertiary/aromatic N) is 1. The molecule has 0 aliphatic carbocycles. The molecule has 0 aliphatic heterocycles. The largest absolute Gasteiger partial charge is 0.481 e. The molecule has 0 saturated carbocycles. The highest BCUT2D eigenvalue weighted by Gasteiger charge is 2.10. The van der Waals surface area contributed by atoms with Crippen molar-refractivity contribution >= 4 is 11.8 Å². The van der Waals surface area contributed by atoms with Gasteiger partial charge in [-0.15, -0.1) is 0 Å². The van der Waals surface area contributed by atoms with Crippen LogP contribution in [0, 0.1) is 6.92 Å². The summed E-state index contributed by atoms with van der Waals surface area (Å²) in [5, 5.41) is 8.41. The Labute approximate surface area is 81.6 Å². The molecule has 0 radical (unpaired) electrons. The first-order chi connectivity index (χ1) is 6.61. The van der Waals surface area contributed by atoms with E-state index in [1.807, 2.05) is 0 Å². The van der Waals surface area contributed by atoms with Crippen LogP contribution in [-0.2, 0) is 4.79 Å². The zero-order valence-corrected chi connectivity index (χ0v) is 7.86. The molecule has 0 spiro atoms. The van der Waals surface area contributed by atoms with E-state index in [0.717, 1.165) is 5.56 Å². The predicted octanol–water partition coefficient (Wildman–Crippen LogP) is 1.44. The standard InChI is InChI=1S/C10H11NO3/c1-7-6-11-5-4-8(7)9(12)2-3-10(13)14/h4-6H,2-3H2,1H3,(H,13,14). The molecule has 14 heavy (non-hydrogen) atoms. The first-order valence-corrected chi connectivity index (χ1v) is 4.27. The van der Waals surface area contributed by atoms with Crippen molar-refractivity contribution in [3.05, 3.63) is 29.6 Å². The SMILES string of the molecule is Cc1cnccc1C(=O)CCC(=O)O. The molecule has 0 atom stereocenters. The van der Waals surface area contributed by atoms with Crippen LogP contribution in [0.2, 0.25) is 0 Å². The molecule has 4 heteroatoms. The number of carbonyl (C=O) groups excluding carboxylic acids is 1. The lowest BCUT2D eigenvalue weighted by molar-refractivity contribution is -0.136. The molecule has 0 saturated heterocycles. The lowest BCUT2D eigenvalue weighted by atomic mass is 10.0. The van der Waals surface area contributed by atoms with Gasteiger partial charge in [-0.3, -0.25) is 14.6 Å². The number of aromatic nitrogens is 1. The van der Waals surface area contributed by atoms with Gasteiger partial charge in [0.05, 0.1) is 6.42 Å². The van der Waals surface area contributed by atoms with Crippen molar-refractivity contribution in [2.45, 2.75) is 19.8 Å². The Morgan fingerprint density at radius 1 is 1.43 bits per heavy atom. The number of carbonyl (C=O) groups is 2. The van der Waals surface area contributed by atoms with Crippen LogP contribution in [0.25, 0.3) is 0 Å². The van der Waals surface area contributed by atoms with Crippen molar-refractivity contribution < 1.29 is 14.7 Å². The number of hydrogen-bond acceptors (Lipinski definition) is 3. The maximum Gasteiger partial charge on any atom is 0.303 e. The lowest BCUT2D eigenvalue weighted by Gasteiger charge is -2.01. The van der Waals surface area contributed by atoms with Crippen LogP contribution in [0.5, 0.6) is 0 Å². The summed E-state index contributed by atoms with van der Waals surface area (Å²) < 4.78 is 0. The second kappa shape index (κ2) is 4.50. The average Bonchev–Trinajstić information content (AvgIpc) is 2.15. The fourth-order valence-electron chi connectivity index (χ4n) is 1.14. The third-order valence-electron chi connectivity index (χ3n) is 1.89. The smallest absolute Gasteiger partial charge is 0.303 e. The van der Waals surface area contributed by atoms with Gasteiger partial charge in [0.2, 0.25) is 0 Å². The van der Waals surface area contributed by atoms with E-state index < -0.39 is 5.97 Å². The fraction of sp³-hybridized carbons (Fsp3) is 0.300. The molecule has 0 aromatic carbocycles. The van der Waals surface area contributed by atoms with E-state index in [1.54, 1.807) is 19.2 Å². The molecular weight excluding hydrogens is 182 g/mol. The molecule has 1 heterocycles. The molecule has 1 N–H and O–H groups in total. The average molecular weight is 193 g/mol. The van der Waals surface area contributed by atoms with Crippen LogP contribution in [0.15, 0.2) is 18.5 Å². The normalized spacial score (nSPS) is 9.79. The van der Waals surface area contributed by atoms with Crippen molar-refractivity contribution in [3.8, 4) is 0 Å². The van der Waals surface area contributed by atoms with Crippen molar-refractivity contribution in [2.24, 2.45) is 0 Å². The maximum atomic E-state index is 11.5. The van der Waals surface area contributed by atoms with E-state index >= 15 is 0 Å². The van der Waals surface area contributed by atoms with Crippen LogP contribution in [0.4, 0.5) is 0 Å². The van der Waals surface area contributed by atoms with Gasteiger partial charge in [0.25, 0.3) is 0 Å². The van der Waals surface area contributed by atoms with Crippen molar-refractivity contribution in [1.29, 1.82) is 0 Å². The Hall–Kier alpha value is -1.71. The number of aryl methyl sites for hydroxylation is 1. The second-order valence-corrected chi connectivity index (χ2v) is 3.01. The molecule has 0 aliphatic rings. The zero-order valence-electron chi connectivity index (χ0n) is 7.86. The van der Waals surface area contributed by atoms with Gasteiger partial charge in [-0.25, -0.2) is 0 Å². The van der Waals surface area contributed by atoms with Gasteiger partial charge in [0, 0.05) is 24.4 Å². The van der Waals surface area contributed by atoms with Crippen LogP contribution in [0.3, 0.4) is 0 Å². The minimum absolute atomic E-state index is 0.0419. The fourth-order valence-corrected chi connectivity index (χ4v) is 1.14. The van der Waals surface area contributed by atoms with Gasteiger partial charge >= 0.3 is 5.97 Å². The molecule has 4 nitrogen and oxygen atoms in total. The predicted molar refractivity (Wildman–Crippen MR) is 50.2 cm³/mol. The van der Waals surface area contributed by atoms with E-state index in [1.165, 1.54) is 6.20 Å². The summed E-state index contributed by atoms with van der Waals surface area (Å²) >= 11 is 0. The molecule has 0 unspecified atom stereocenters. The Balaban J connectivity index is 2.70. The minimum Gasteiger partial charge on any atom is -0.481 e. The number of aliphatic carboxylic acids is 1. The summed E-state index contributed by atoms with van der Waals surface area (Å²) in [5.74, 6) is -1.10. The topological polar surface area (TPSA) is 67.3 Å². The van der Waals surface area contributed by atoms with Crippen molar-refractivity contribution in [1.82, 2.24) is 4.98 Å². The number of Topliss-reactive ketones (excluding diaryl/α,β-unsaturated/α-hetero) is 1. The number of carboxylic acid groups (broad SMARTS) is 1. The summed E-state index contributed by atoms with van der Waals surface area (Å²) in [6.07, 6.45) is 3.04. The minimum atomic E-state index is -0.954. The van der Waals surface area contributed by atoms with Crippen LogP contribution >= 0.6 is 0 Å². The van der Waals surface area contributed by atoms with Crippen molar-refractivity contribution in [2.75, 3.05) is 0 Å². The van der Waals surface area contributed by atoms with Crippen LogP contribution in [0.1, 0.15) is 28.8 Å². The maximum absolute atomic E-state index is 11.5. The van der Waals surface area contributed by atoms with Crippen LogP contribution < -0.4 is 0 Å². The third kappa shape index (κ3) is 2.65.